The van der Waals surface area contributed by atoms with Crippen LogP contribution in [0.5, 0.6) is 0 Å². The van der Waals surface area contributed by atoms with Crippen molar-refractivity contribution in [2.24, 2.45) is 5.92 Å². The zero-order valence-corrected chi connectivity index (χ0v) is 14.7. The molecule has 1 aliphatic carbocycles. The normalized spacial score (nSPS) is 29.9. The van der Waals surface area contributed by atoms with Gasteiger partial charge in [0, 0.05) is 18.3 Å². The van der Waals surface area contributed by atoms with Gasteiger partial charge in [0.2, 0.25) is 0 Å². The monoisotopic (exact) mass is 316 g/mol. The smallest absolute Gasteiger partial charge is 0.150 e. The summed E-state index contributed by atoms with van der Waals surface area (Å²) in [6.45, 7) is 7.81. The first-order valence-electron chi connectivity index (χ1n) is 8.52. The highest BCUT2D eigenvalue weighted by molar-refractivity contribution is 7.91. The summed E-state index contributed by atoms with van der Waals surface area (Å²) in [6.07, 6.45) is 7.87. The zero-order valence-electron chi connectivity index (χ0n) is 13.8. The number of nitrogens with zero attached hydrogens (tertiary/aromatic N) is 1. The number of sulfone groups is 1. The van der Waals surface area contributed by atoms with Crippen molar-refractivity contribution in [2.45, 2.75) is 69.7 Å². The van der Waals surface area contributed by atoms with E-state index in [-0.39, 0.29) is 5.25 Å². The molecule has 0 aromatic rings. The third-order valence-corrected chi connectivity index (χ3v) is 6.82. The summed E-state index contributed by atoms with van der Waals surface area (Å²) >= 11 is 0. The molecule has 1 saturated carbocycles. The van der Waals surface area contributed by atoms with E-state index in [2.05, 4.69) is 24.1 Å². The van der Waals surface area contributed by atoms with E-state index in [4.69, 9.17) is 0 Å². The van der Waals surface area contributed by atoms with Crippen molar-refractivity contribution in [2.75, 3.05) is 25.9 Å². The molecule has 4 nitrogen and oxygen atoms in total. The van der Waals surface area contributed by atoms with Crippen LogP contribution in [-0.2, 0) is 9.84 Å². The molecule has 2 rings (SSSR count). The fourth-order valence-corrected chi connectivity index (χ4v) is 4.93. The number of nitrogens with one attached hydrogen (secondary N) is 1. The van der Waals surface area contributed by atoms with Gasteiger partial charge in [0.25, 0.3) is 0 Å². The first-order valence-corrected chi connectivity index (χ1v) is 10.5. The van der Waals surface area contributed by atoms with Crippen molar-refractivity contribution in [3.05, 3.63) is 0 Å². The van der Waals surface area contributed by atoms with Crippen LogP contribution in [0.3, 0.4) is 0 Å². The van der Waals surface area contributed by atoms with Crippen LogP contribution in [0, 0.1) is 5.92 Å². The summed E-state index contributed by atoms with van der Waals surface area (Å²) in [6, 6.07) is 1.06. The molecule has 0 amide bonds. The minimum atomic E-state index is -2.86. The molecule has 2 atom stereocenters. The summed E-state index contributed by atoms with van der Waals surface area (Å²) in [4.78, 5) is 2.56. The third-order valence-electron chi connectivity index (χ3n) is 5.18. The van der Waals surface area contributed by atoms with Gasteiger partial charge in [-0.1, -0.05) is 20.3 Å². The van der Waals surface area contributed by atoms with E-state index >= 15 is 0 Å². The molecular formula is C16H32N2O2S. The first kappa shape index (κ1) is 17.2. The number of rotatable bonds is 5. The zero-order chi connectivity index (χ0) is 15.5. The Kier molecular flexibility index (Phi) is 6.09. The predicted molar refractivity (Wildman–Crippen MR) is 88.3 cm³/mol. The Balaban J connectivity index is 1.79. The lowest BCUT2D eigenvalue weighted by Crippen LogP contribution is -2.47. The lowest BCUT2D eigenvalue weighted by Gasteiger charge is -2.41. The Bertz CT molecular complexity index is 414. The molecule has 0 aromatic carbocycles. The summed E-state index contributed by atoms with van der Waals surface area (Å²) in [7, 11) is -2.86. The largest absolute Gasteiger partial charge is 0.314 e. The van der Waals surface area contributed by atoms with E-state index in [1.807, 2.05) is 0 Å². The van der Waals surface area contributed by atoms with Gasteiger partial charge in [0.1, 0.15) is 9.84 Å². The molecular weight excluding hydrogens is 284 g/mol. The molecule has 0 bridgehead atoms. The highest BCUT2D eigenvalue weighted by Crippen LogP contribution is 2.30. The highest BCUT2D eigenvalue weighted by atomic mass is 32.2. The maximum atomic E-state index is 11.8. The molecule has 5 heteroatoms. The molecule has 0 spiro atoms. The van der Waals surface area contributed by atoms with Gasteiger partial charge in [-0.2, -0.15) is 0 Å². The Hall–Kier alpha value is -0.130. The minimum Gasteiger partial charge on any atom is -0.314 e. The number of likely N-dealkylation sites (tertiary alicyclic amines) is 1. The number of hydrogen-bond acceptors (Lipinski definition) is 4. The Morgan fingerprint density at radius 1 is 1.14 bits per heavy atom. The Morgan fingerprint density at radius 3 is 2.38 bits per heavy atom. The number of piperidine rings is 1. The van der Waals surface area contributed by atoms with E-state index in [9.17, 15) is 8.42 Å². The van der Waals surface area contributed by atoms with Gasteiger partial charge in [-0.25, -0.2) is 8.42 Å². The molecule has 1 N–H and O–H groups in total. The summed E-state index contributed by atoms with van der Waals surface area (Å²) in [5.74, 6) is 0.790. The van der Waals surface area contributed by atoms with Gasteiger partial charge in [-0.3, -0.25) is 0 Å². The van der Waals surface area contributed by atoms with Crippen molar-refractivity contribution < 1.29 is 8.42 Å². The maximum absolute atomic E-state index is 11.8. The van der Waals surface area contributed by atoms with Crippen molar-refractivity contribution in [1.82, 2.24) is 10.2 Å². The maximum Gasteiger partial charge on any atom is 0.150 e. The fourth-order valence-electron chi connectivity index (χ4n) is 3.77. The highest BCUT2D eigenvalue weighted by Gasteiger charge is 2.33. The number of hydrogen-bond donors (Lipinski definition) is 1. The summed E-state index contributed by atoms with van der Waals surface area (Å²) in [5, 5.41) is 3.44. The lowest BCUT2D eigenvalue weighted by atomic mass is 9.90. The molecule has 2 unspecified atom stereocenters. The van der Waals surface area contributed by atoms with E-state index < -0.39 is 9.84 Å². The molecule has 1 saturated heterocycles. The molecule has 2 aliphatic rings. The average molecular weight is 317 g/mol. The predicted octanol–water partition coefficient (Wildman–Crippen LogP) is 2.05. The van der Waals surface area contributed by atoms with Crippen LogP contribution >= 0.6 is 0 Å². The van der Waals surface area contributed by atoms with Crippen LogP contribution < -0.4 is 5.32 Å². The van der Waals surface area contributed by atoms with E-state index in [1.54, 1.807) is 0 Å². The molecule has 21 heavy (non-hydrogen) atoms. The van der Waals surface area contributed by atoms with E-state index in [0.717, 1.165) is 44.8 Å². The molecule has 1 heterocycles. The Labute approximate surface area is 130 Å². The molecule has 0 radical (unpaired) electrons. The van der Waals surface area contributed by atoms with Gasteiger partial charge >= 0.3 is 0 Å². The fraction of sp³-hybridized carbons (Fsp3) is 1.00. The van der Waals surface area contributed by atoms with Crippen LogP contribution in [0.25, 0.3) is 0 Å². The second-order valence-corrected chi connectivity index (χ2v) is 9.64. The van der Waals surface area contributed by atoms with E-state index in [0.29, 0.717) is 12.1 Å². The van der Waals surface area contributed by atoms with Crippen LogP contribution in [0.15, 0.2) is 0 Å². The molecule has 124 valence electrons. The van der Waals surface area contributed by atoms with Crippen molar-refractivity contribution in [3.63, 3.8) is 0 Å². The first-order chi connectivity index (χ1) is 9.86. The van der Waals surface area contributed by atoms with Crippen molar-refractivity contribution in [1.29, 1.82) is 0 Å². The second kappa shape index (κ2) is 7.42. The SMILES string of the molecule is CC(C)NCC1CCN(C2CCCC(S(C)(=O)=O)C2)CC1. The van der Waals surface area contributed by atoms with Gasteiger partial charge < -0.3 is 10.2 Å². The molecule has 2 fully saturated rings. The molecule has 0 aromatic heterocycles. The van der Waals surface area contributed by atoms with Gasteiger partial charge in [-0.15, -0.1) is 0 Å². The lowest BCUT2D eigenvalue weighted by molar-refractivity contribution is 0.107. The van der Waals surface area contributed by atoms with Crippen molar-refractivity contribution >= 4 is 9.84 Å². The standard InChI is InChI=1S/C16H32N2O2S/c1-13(2)17-12-14-7-9-18(10-8-14)15-5-4-6-16(11-15)21(3,19)20/h13-17H,4-12H2,1-3H3. The van der Waals surface area contributed by atoms with Gasteiger partial charge in [0.15, 0.2) is 0 Å². The van der Waals surface area contributed by atoms with Gasteiger partial charge in [0.05, 0.1) is 5.25 Å². The summed E-state index contributed by atoms with van der Waals surface area (Å²) in [5.41, 5.74) is 0. The second-order valence-electron chi connectivity index (χ2n) is 7.31. The minimum absolute atomic E-state index is 0.100. The van der Waals surface area contributed by atoms with Crippen LogP contribution in [0.4, 0.5) is 0 Å². The van der Waals surface area contributed by atoms with Crippen LogP contribution in [-0.4, -0.2) is 56.5 Å². The quantitative estimate of drug-likeness (QED) is 0.843. The van der Waals surface area contributed by atoms with Crippen molar-refractivity contribution in [3.8, 4) is 0 Å². The summed E-state index contributed by atoms with van der Waals surface area (Å²) < 4.78 is 23.6. The molecule has 1 aliphatic heterocycles. The van der Waals surface area contributed by atoms with Gasteiger partial charge in [-0.05, 0) is 57.7 Å². The third kappa shape index (κ3) is 5.22. The van der Waals surface area contributed by atoms with E-state index in [1.165, 1.54) is 25.5 Å². The topological polar surface area (TPSA) is 49.4 Å². The van der Waals surface area contributed by atoms with Crippen LogP contribution in [0.1, 0.15) is 52.4 Å². The Morgan fingerprint density at radius 2 is 1.81 bits per heavy atom. The van der Waals surface area contributed by atoms with Crippen LogP contribution in [0.2, 0.25) is 0 Å². The average Bonchev–Trinajstić information content (AvgIpc) is 2.45.